The Morgan fingerprint density at radius 2 is 2.05 bits per heavy atom. The molecule has 0 aliphatic carbocycles. The van der Waals surface area contributed by atoms with Crippen molar-refractivity contribution in [3.8, 4) is 11.3 Å². The molecule has 0 saturated heterocycles. The summed E-state index contributed by atoms with van der Waals surface area (Å²) < 4.78 is 0. The van der Waals surface area contributed by atoms with Gasteiger partial charge < -0.3 is 0 Å². The monoisotopic (exact) mass is 269 g/mol. The van der Waals surface area contributed by atoms with E-state index in [2.05, 4.69) is 15.0 Å². The largest absolute Gasteiger partial charge is 0.298 e. The molecule has 0 amide bonds. The fourth-order valence-electron chi connectivity index (χ4n) is 2.01. The zero-order valence-corrected chi connectivity index (χ0v) is 10.5. The van der Waals surface area contributed by atoms with Crippen LogP contribution in [0.25, 0.3) is 22.0 Å². The molecule has 2 aromatic heterocycles. The van der Waals surface area contributed by atoms with E-state index in [1.807, 2.05) is 24.3 Å². The maximum absolute atomic E-state index is 11.2. The first-order valence-corrected chi connectivity index (χ1v) is 5.98. The quantitative estimate of drug-likeness (QED) is 0.530. The van der Waals surface area contributed by atoms with Crippen molar-refractivity contribution in [2.45, 2.75) is 0 Å². The minimum absolute atomic E-state index is 0.154. The van der Waals surface area contributed by atoms with E-state index in [1.54, 1.807) is 12.4 Å². The third-order valence-electron chi connectivity index (χ3n) is 2.89. The van der Waals surface area contributed by atoms with Crippen molar-refractivity contribution in [3.63, 3.8) is 0 Å². The van der Waals surface area contributed by atoms with Gasteiger partial charge in [-0.3, -0.25) is 9.78 Å². The molecule has 3 aromatic rings. The molecule has 0 aliphatic heterocycles. The van der Waals surface area contributed by atoms with Gasteiger partial charge in [0, 0.05) is 23.3 Å². The maximum atomic E-state index is 11.2. The number of nitrogens with zero attached hydrogens (tertiary/aromatic N) is 3. The highest BCUT2D eigenvalue weighted by atomic mass is 35.5. The van der Waals surface area contributed by atoms with Crippen LogP contribution >= 0.6 is 11.6 Å². The van der Waals surface area contributed by atoms with Crippen molar-refractivity contribution in [1.82, 2.24) is 15.0 Å². The van der Waals surface area contributed by atoms with E-state index in [0.717, 1.165) is 16.3 Å². The zero-order valence-electron chi connectivity index (χ0n) is 9.75. The molecule has 0 radical (unpaired) electrons. The number of fused-ring (bicyclic) bond motifs is 1. The van der Waals surface area contributed by atoms with Gasteiger partial charge in [0.2, 0.25) is 0 Å². The van der Waals surface area contributed by atoms with Gasteiger partial charge in [-0.25, -0.2) is 9.97 Å². The summed E-state index contributed by atoms with van der Waals surface area (Å²) in [5.74, 6) is 0. The molecule has 0 bridgehead atoms. The second-order valence-electron chi connectivity index (χ2n) is 3.95. The Morgan fingerprint density at radius 3 is 2.89 bits per heavy atom. The number of rotatable bonds is 2. The van der Waals surface area contributed by atoms with E-state index in [9.17, 15) is 4.79 Å². The molecule has 0 saturated carbocycles. The molecule has 0 N–H and O–H groups in total. The normalized spacial score (nSPS) is 10.6. The fraction of sp³-hybridized carbons (Fsp3) is 0. The molecular weight excluding hydrogens is 262 g/mol. The molecule has 2 heterocycles. The van der Waals surface area contributed by atoms with E-state index >= 15 is 0 Å². The number of aromatic nitrogens is 3. The second-order valence-corrected chi connectivity index (χ2v) is 4.31. The Hall–Kier alpha value is -2.33. The lowest BCUT2D eigenvalue weighted by molar-refractivity contribution is 0.112. The van der Waals surface area contributed by atoms with Gasteiger partial charge in [0.05, 0.1) is 11.3 Å². The van der Waals surface area contributed by atoms with E-state index in [0.29, 0.717) is 17.5 Å². The van der Waals surface area contributed by atoms with E-state index in [1.165, 1.54) is 6.33 Å². The number of benzene rings is 1. The summed E-state index contributed by atoms with van der Waals surface area (Å²) in [4.78, 5) is 23.3. The summed E-state index contributed by atoms with van der Waals surface area (Å²) in [6, 6.07) is 7.67. The Balaban J connectivity index is 2.37. The van der Waals surface area contributed by atoms with E-state index < -0.39 is 0 Å². The number of hydrogen-bond donors (Lipinski definition) is 0. The zero-order chi connectivity index (χ0) is 13.2. The van der Waals surface area contributed by atoms with Gasteiger partial charge in [-0.05, 0) is 11.5 Å². The minimum atomic E-state index is 0.154. The number of halogens is 1. The molecule has 1 aromatic carbocycles. The third kappa shape index (κ3) is 1.96. The number of aldehydes is 1. The Labute approximate surface area is 114 Å². The van der Waals surface area contributed by atoms with Crippen molar-refractivity contribution < 1.29 is 4.79 Å². The molecule has 5 heteroatoms. The van der Waals surface area contributed by atoms with Crippen molar-refractivity contribution >= 4 is 28.7 Å². The van der Waals surface area contributed by atoms with Gasteiger partial charge in [0.15, 0.2) is 6.29 Å². The maximum Gasteiger partial charge on any atom is 0.155 e. The summed E-state index contributed by atoms with van der Waals surface area (Å²) in [7, 11) is 0. The summed E-state index contributed by atoms with van der Waals surface area (Å²) >= 11 is 5.93. The minimum Gasteiger partial charge on any atom is -0.298 e. The molecule has 0 aliphatic rings. The van der Waals surface area contributed by atoms with E-state index in [-0.39, 0.29) is 5.15 Å². The highest BCUT2D eigenvalue weighted by Crippen LogP contribution is 2.30. The topological polar surface area (TPSA) is 55.7 Å². The van der Waals surface area contributed by atoms with Gasteiger partial charge >= 0.3 is 0 Å². The van der Waals surface area contributed by atoms with Crippen molar-refractivity contribution in [2.75, 3.05) is 0 Å². The predicted octanol–water partition coefficient (Wildman–Crippen LogP) is 3.16. The molecule has 19 heavy (non-hydrogen) atoms. The van der Waals surface area contributed by atoms with Crippen LogP contribution in [0, 0.1) is 0 Å². The van der Waals surface area contributed by atoms with Crippen molar-refractivity contribution in [1.29, 1.82) is 0 Å². The highest BCUT2D eigenvalue weighted by Gasteiger charge is 2.13. The summed E-state index contributed by atoms with van der Waals surface area (Å²) in [5.41, 5.74) is 1.63. The molecule has 3 rings (SSSR count). The molecule has 0 spiro atoms. The summed E-state index contributed by atoms with van der Waals surface area (Å²) in [5, 5.41) is 2.10. The lowest BCUT2D eigenvalue weighted by Gasteiger charge is -2.08. The van der Waals surface area contributed by atoms with Crippen LogP contribution in [0.3, 0.4) is 0 Å². The van der Waals surface area contributed by atoms with Gasteiger partial charge in [-0.2, -0.15) is 0 Å². The van der Waals surface area contributed by atoms with Crippen LogP contribution in [-0.4, -0.2) is 21.2 Å². The Morgan fingerprint density at radius 1 is 1.16 bits per heavy atom. The fourth-order valence-corrected chi connectivity index (χ4v) is 2.19. The molecule has 0 unspecified atom stereocenters. The van der Waals surface area contributed by atoms with Crippen LogP contribution in [0.4, 0.5) is 0 Å². The Bertz CT molecular complexity index is 768. The van der Waals surface area contributed by atoms with Gasteiger partial charge in [-0.15, -0.1) is 0 Å². The first kappa shape index (κ1) is 11.7. The number of carbonyl (C=O) groups is 1. The standard InChI is InChI=1S/C14H8ClN3O/c15-14-12(7-19)13(17-8-18-14)10-3-1-2-9-4-5-16-6-11(9)10/h1-8H. The van der Waals surface area contributed by atoms with Crippen LogP contribution in [0.1, 0.15) is 10.4 Å². The van der Waals surface area contributed by atoms with E-state index in [4.69, 9.17) is 11.6 Å². The van der Waals surface area contributed by atoms with Crippen molar-refractivity contribution in [3.05, 3.63) is 53.7 Å². The van der Waals surface area contributed by atoms with Crippen LogP contribution in [-0.2, 0) is 0 Å². The molecule has 4 nitrogen and oxygen atoms in total. The van der Waals surface area contributed by atoms with Gasteiger partial charge in [-0.1, -0.05) is 29.8 Å². The van der Waals surface area contributed by atoms with Crippen LogP contribution in [0.2, 0.25) is 5.15 Å². The number of carbonyl (C=O) groups excluding carboxylic acids is 1. The first-order valence-electron chi connectivity index (χ1n) is 5.60. The van der Waals surface area contributed by atoms with Crippen LogP contribution in [0.15, 0.2) is 43.0 Å². The number of pyridine rings is 1. The van der Waals surface area contributed by atoms with Gasteiger partial charge in [0.1, 0.15) is 11.5 Å². The summed E-state index contributed by atoms with van der Waals surface area (Å²) in [6.45, 7) is 0. The van der Waals surface area contributed by atoms with Crippen LogP contribution in [0.5, 0.6) is 0 Å². The second kappa shape index (κ2) is 4.74. The highest BCUT2D eigenvalue weighted by molar-refractivity contribution is 6.32. The van der Waals surface area contributed by atoms with Crippen molar-refractivity contribution in [2.24, 2.45) is 0 Å². The summed E-state index contributed by atoms with van der Waals surface area (Å²) in [6.07, 6.45) is 5.49. The molecule has 92 valence electrons. The van der Waals surface area contributed by atoms with Crippen LogP contribution < -0.4 is 0 Å². The average molecular weight is 270 g/mol. The lowest BCUT2D eigenvalue weighted by atomic mass is 10.0. The third-order valence-corrected chi connectivity index (χ3v) is 3.19. The molecular formula is C14H8ClN3O. The lowest BCUT2D eigenvalue weighted by Crippen LogP contribution is -1.96. The first-order chi connectivity index (χ1) is 9.31. The number of hydrogen-bond acceptors (Lipinski definition) is 4. The smallest absolute Gasteiger partial charge is 0.155 e. The average Bonchev–Trinajstić information content (AvgIpc) is 2.46. The molecule has 0 fully saturated rings. The SMILES string of the molecule is O=Cc1c(Cl)ncnc1-c1cccc2ccncc12. The molecule has 0 atom stereocenters. The Kier molecular flexibility index (Phi) is 2.93. The predicted molar refractivity (Wildman–Crippen MR) is 73.2 cm³/mol. The van der Waals surface area contributed by atoms with Gasteiger partial charge in [0.25, 0.3) is 0 Å².